The van der Waals surface area contributed by atoms with Crippen LogP contribution >= 0.6 is 0 Å². The first-order chi connectivity index (χ1) is 15.9. The minimum absolute atomic E-state index is 0.0891. The SMILES string of the molecule is CC(=O)[C@H]1[C@H](C(=O)c2ccc(OC=O)cc2)[C@@H](c2ccccc2)[C@@H]1c1ccc(C(=O)O)cc1. The van der Waals surface area contributed by atoms with Gasteiger partial charge in [0.25, 0.3) is 6.47 Å². The van der Waals surface area contributed by atoms with Crippen molar-refractivity contribution in [2.24, 2.45) is 11.8 Å². The molecule has 4 atom stereocenters. The van der Waals surface area contributed by atoms with Crippen molar-refractivity contribution in [3.8, 4) is 5.75 Å². The van der Waals surface area contributed by atoms with Crippen molar-refractivity contribution >= 4 is 24.0 Å². The maximum atomic E-state index is 13.6. The highest BCUT2D eigenvalue weighted by Crippen LogP contribution is 2.59. The van der Waals surface area contributed by atoms with Crippen LogP contribution in [-0.2, 0) is 9.59 Å². The number of aromatic carboxylic acids is 1. The van der Waals surface area contributed by atoms with Crippen LogP contribution in [0, 0.1) is 11.8 Å². The molecular formula is C27H22O6. The van der Waals surface area contributed by atoms with Crippen molar-refractivity contribution in [3.63, 3.8) is 0 Å². The number of ketones is 2. The number of carboxylic acids is 1. The molecule has 3 aromatic rings. The smallest absolute Gasteiger partial charge is 0.335 e. The van der Waals surface area contributed by atoms with Crippen LogP contribution in [0.25, 0.3) is 0 Å². The van der Waals surface area contributed by atoms with Gasteiger partial charge in [0, 0.05) is 29.2 Å². The van der Waals surface area contributed by atoms with Crippen LogP contribution < -0.4 is 4.74 Å². The molecule has 0 spiro atoms. The van der Waals surface area contributed by atoms with E-state index in [1.165, 1.54) is 19.1 Å². The highest BCUT2D eigenvalue weighted by molar-refractivity contribution is 6.03. The van der Waals surface area contributed by atoms with Crippen LogP contribution in [0.15, 0.2) is 78.9 Å². The fourth-order valence-electron chi connectivity index (χ4n) is 4.88. The molecule has 4 rings (SSSR count). The second kappa shape index (κ2) is 9.20. The average molecular weight is 442 g/mol. The molecule has 33 heavy (non-hydrogen) atoms. The maximum Gasteiger partial charge on any atom is 0.335 e. The van der Waals surface area contributed by atoms with Crippen molar-refractivity contribution < 1.29 is 29.0 Å². The molecule has 0 amide bonds. The van der Waals surface area contributed by atoms with E-state index in [1.54, 1.807) is 36.4 Å². The number of carboxylic acid groups (broad SMARTS) is 1. The average Bonchev–Trinajstić information content (AvgIpc) is 2.80. The van der Waals surface area contributed by atoms with Crippen LogP contribution in [0.5, 0.6) is 5.75 Å². The Bertz CT molecular complexity index is 1180. The molecule has 0 saturated heterocycles. The van der Waals surface area contributed by atoms with E-state index < -0.39 is 17.8 Å². The molecule has 0 bridgehead atoms. The van der Waals surface area contributed by atoms with Crippen molar-refractivity contribution in [3.05, 3.63) is 101 Å². The summed E-state index contributed by atoms with van der Waals surface area (Å²) in [7, 11) is 0. The lowest BCUT2D eigenvalue weighted by atomic mass is 9.50. The van der Waals surface area contributed by atoms with Crippen molar-refractivity contribution in [2.45, 2.75) is 18.8 Å². The monoisotopic (exact) mass is 442 g/mol. The molecule has 1 fully saturated rings. The molecule has 0 radical (unpaired) electrons. The Kier molecular flexibility index (Phi) is 6.18. The summed E-state index contributed by atoms with van der Waals surface area (Å²) in [6.45, 7) is 1.81. The Morgan fingerprint density at radius 3 is 1.85 bits per heavy atom. The summed E-state index contributed by atoms with van der Waals surface area (Å²) in [5.74, 6) is -2.53. The van der Waals surface area contributed by atoms with Gasteiger partial charge in [-0.15, -0.1) is 0 Å². The predicted octanol–water partition coefficient (Wildman–Crippen LogP) is 4.51. The van der Waals surface area contributed by atoms with Gasteiger partial charge in [-0.05, 0) is 54.4 Å². The van der Waals surface area contributed by atoms with Crippen LogP contribution in [0.3, 0.4) is 0 Å². The van der Waals surface area contributed by atoms with E-state index in [1.807, 2.05) is 30.3 Å². The molecule has 0 aliphatic heterocycles. The second-order valence-electron chi connectivity index (χ2n) is 8.15. The molecule has 0 aromatic heterocycles. The van der Waals surface area contributed by atoms with Gasteiger partial charge in [0.1, 0.15) is 11.5 Å². The first-order valence-electron chi connectivity index (χ1n) is 10.6. The van der Waals surface area contributed by atoms with E-state index in [4.69, 9.17) is 4.74 Å². The van der Waals surface area contributed by atoms with Gasteiger partial charge in [-0.1, -0.05) is 42.5 Å². The highest BCUT2D eigenvalue weighted by atomic mass is 16.5. The number of rotatable bonds is 8. The van der Waals surface area contributed by atoms with Crippen molar-refractivity contribution in [1.29, 1.82) is 0 Å². The number of carbonyl (C=O) groups excluding carboxylic acids is 3. The number of Topliss-reactive ketones (excluding diaryl/α,β-unsaturated/α-hetero) is 2. The first kappa shape index (κ1) is 22.1. The lowest BCUT2D eigenvalue weighted by molar-refractivity contribution is -0.127. The largest absolute Gasteiger partial charge is 0.478 e. The molecule has 0 unspecified atom stereocenters. The number of carbonyl (C=O) groups is 4. The summed E-state index contributed by atoms with van der Waals surface area (Å²) in [4.78, 5) is 48.1. The summed E-state index contributed by atoms with van der Waals surface area (Å²) < 4.78 is 4.80. The Morgan fingerprint density at radius 1 is 0.758 bits per heavy atom. The number of hydrogen-bond acceptors (Lipinski definition) is 5. The molecule has 6 heteroatoms. The van der Waals surface area contributed by atoms with Crippen LogP contribution in [0.4, 0.5) is 0 Å². The van der Waals surface area contributed by atoms with E-state index in [-0.39, 0.29) is 29.0 Å². The highest BCUT2D eigenvalue weighted by Gasteiger charge is 2.56. The molecule has 1 aliphatic carbocycles. The predicted molar refractivity (Wildman–Crippen MR) is 120 cm³/mol. The number of hydrogen-bond donors (Lipinski definition) is 1. The van der Waals surface area contributed by atoms with Gasteiger partial charge in [0.15, 0.2) is 5.78 Å². The molecule has 0 heterocycles. The summed E-state index contributed by atoms with van der Waals surface area (Å²) >= 11 is 0. The van der Waals surface area contributed by atoms with Gasteiger partial charge in [0.05, 0.1) is 5.56 Å². The van der Waals surface area contributed by atoms with Crippen molar-refractivity contribution in [2.75, 3.05) is 0 Å². The zero-order chi connectivity index (χ0) is 23.5. The third kappa shape index (κ3) is 4.20. The molecule has 1 saturated carbocycles. The van der Waals surface area contributed by atoms with Gasteiger partial charge in [0.2, 0.25) is 0 Å². The van der Waals surface area contributed by atoms with E-state index >= 15 is 0 Å². The van der Waals surface area contributed by atoms with Crippen molar-refractivity contribution in [1.82, 2.24) is 0 Å². The van der Waals surface area contributed by atoms with E-state index in [0.717, 1.165) is 11.1 Å². The fraction of sp³-hybridized carbons (Fsp3) is 0.185. The number of ether oxygens (including phenoxy) is 1. The van der Waals surface area contributed by atoms with Crippen LogP contribution in [0.1, 0.15) is 50.6 Å². The quantitative estimate of drug-likeness (QED) is 0.407. The van der Waals surface area contributed by atoms with E-state index in [0.29, 0.717) is 17.8 Å². The molecular weight excluding hydrogens is 420 g/mol. The molecule has 6 nitrogen and oxygen atoms in total. The van der Waals surface area contributed by atoms with Crippen LogP contribution in [0.2, 0.25) is 0 Å². The lowest BCUT2D eigenvalue weighted by Crippen LogP contribution is -2.50. The lowest BCUT2D eigenvalue weighted by Gasteiger charge is -2.51. The summed E-state index contributed by atoms with van der Waals surface area (Å²) in [6, 6.07) is 22.4. The minimum atomic E-state index is -1.02. The minimum Gasteiger partial charge on any atom is -0.478 e. The first-order valence-corrected chi connectivity index (χ1v) is 10.6. The zero-order valence-corrected chi connectivity index (χ0v) is 17.9. The molecule has 3 aromatic carbocycles. The van der Waals surface area contributed by atoms with Gasteiger partial charge < -0.3 is 9.84 Å². The summed E-state index contributed by atoms with van der Waals surface area (Å²) in [6.07, 6.45) is 0. The van der Waals surface area contributed by atoms with Gasteiger partial charge >= 0.3 is 5.97 Å². The Balaban J connectivity index is 1.74. The molecule has 1 N–H and O–H groups in total. The van der Waals surface area contributed by atoms with Crippen LogP contribution in [-0.4, -0.2) is 29.1 Å². The van der Waals surface area contributed by atoms with Gasteiger partial charge in [-0.25, -0.2) is 4.79 Å². The molecule has 1 aliphatic rings. The summed E-state index contributed by atoms with van der Waals surface area (Å²) in [5.41, 5.74) is 2.37. The summed E-state index contributed by atoms with van der Waals surface area (Å²) in [5, 5.41) is 9.22. The Labute approximate surface area is 190 Å². The third-order valence-corrected chi connectivity index (χ3v) is 6.37. The standard InChI is InChI=1S/C27H22O6/c1-16(29)22-23(18-7-9-20(10-8-18)27(31)32)24(17-5-3-2-4-6-17)25(22)26(30)19-11-13-21(14-12-19)33-15-28/h2-15,22-25H,1H3,(H,31,32)/t22-,23-,24+,25+/m1/s1. The topological polar surface area (TPSA) is 97.7 Å². The fourth-order valence-corrected chi connectivity index (χ4v) is 4.88. The second-order valence-corrected chi connectivity index (χ2v) is 8.15. The number of benzene rings is 3. The third-order valence-electron chi connectivity index (χ3n) is 6.37. The maximum absolute atomic E-state index is 13.6. The normalized spacial score (nSPS) is 21.5. The van der Waals surface area contributed by atoms with Gasteiger partial charge in [-0.2, -0.15) is 0 Å². The Morgan fingerprint density at radius 2 is 1.30 bits per heavy atom. The Hall–Kier alpha value is -4.06. The molecule has 166 valence electrons. The van der Waals surface area contributed by atoms with Gasteiger partial charge in [-0.3, -0.25) is 14.4 Å². The zero-order valence-electron chi connectivity index (χ0n) is 17.9. The van der Waals surface area contributed by atoms with E-state index in [2.05, 4.69) is 0 Å². The van der Waals surface area contributed by atoms with E-state index in [9.17, 15) is 24.3 Å².